The molecule has 0 radical (unpaired) electrons. The van der Waals surface area contributed by atoms with Gasteiger partial charge in [0.05, 0.1) is 22.8 Å². The maximum Gasteiger partial charge on any atom is 0.264 e. The molecule has 0 aromatic heterocycles. The number of sulfonamides is 1. The highest BCUT2D eigenvalue weighted by molar-refractivity contribution is 7.92. The average molecular weight is 386 g/mol. The number of anilines is 2. The molecule has 0 bridgehead atoms. The quantitative estimate of drug-likeness (QED) is 0.793. The van der Waals surface area contributed by atoms with Gasteiger partial charge in [0.2, 0.25) is 0 Å². The van der Waals surface area contributed by atoms with Crippen LogP contribution in [0.2, 0.25) is 0 Å². The summed E-state index contributed by atoms with van der Waals surface area (Å²) in [5, 5.41) is 0. The SMILES string of the molecule is Cc1ccc(S(=O)(=O)N2CCN(CCN3CCCC3)c3ccccc32)cc1. The topological polar surface area (TPSA) is 43.9 Å². The Balaban J connectivity index is 1.59. The Hall–Kier alpha value is -2.05. The summed E-state index contributed by atoms with van der Waals surface area (Å²) in [6, 6.07) is 15.0. The van der Waals surface area contributed by atoms with Crippen LogP contribution in [0.4, 0.5) is 11.4 Å². The minimum atomic E-state index is -3.55. The summed E-state index contributed by atoms with van der Waals surface area (Å²) in [5.41, 5.74) is 2.85. The van der Waals surface area contributed by atoms with Gasteiger partial charge in [0, 0.05) is 19.6 Å². The number of rotatable bonds is 5. The van der Waals surface area contributed by atoms with Gasteiger partial charge < -0.3 is 9.80 Å². The van der Waals surface area contributed by atoms with E-state index in [0.717, 1.165) is 36.6 Å². The van der Waals surface area contributed by atoms with Crippen molar-refractivity contribution >= 4 is 21.4 Å². The minimum absolute atomic E-state index is 0.355. The molecule has 6 heteroatoms. The first kappa shape index (κ1) is 18.3. The average Bonchev–Trinajstić information content (AvgIpc) is 3.20. The first-order valence-corrected chi connectivity index (χ1v) is 11.2. The molecular weight excluding hydrogens is 358 g/mol. The third-order valence-electron chi connectivity index (χ3n) is 5.56. The fraction of sp³-hybridized carbons (Fsp3) is 0.429. The first-order chi connectivity index (χ1) is 13.1. The van der Waals surface area contributed by atoms with E-state index in [9.17, 15) is 8.42 Å². The van der Waals surface area contributed by atoms with Gasteiger partial charge in [-0.15, -0.1) is 0 Å². The summed E-state index contributed by atoms with van der Waals surface area (Å²) in [6.45, 7) is 7.51. The van der Waals surface area contributed by atoms with Crippen molar-refractivity contribution < 1.29 is 8.42 Å². The van der Waals surface area contributed by atoms with Crippen LogP contribution < -0.4 is 9.21 Å². The molecule has 0 spiro atoms. The van der Waals surface area contributed by atoms with Gasteiger partial charge in [-0.05, 0) is 57.1 Å². The molecule has 2 heterocycles. The zero-order valence-corrected chi connectivity index (χ0v) is 16.7. The molecule has 2 aliphatic rings. The van der Waals surface area contributed by atoms with Crippen LogP contribution in [-0.4, -0.2) is 52.6 Å². The van der Waals surface area contributed by atoms with Crippen molar-refractivity contribution in [2.75, 3.05) is 48.5 Å². The third-order valence-corrected chi connectivity index (χ3v) is 7.39. The Labute approximate surface area is 162 Å². The Morgan fingerprint density at radius 3 is 2.19 bits per heavy atom. The summed E-state index contributed by atoms with van der Waals surface area (Å²) in [7, 11) is -3.55. The molecule has 0 atom stereocenters. The number of aryl methyl sites for hydroxylation is 1. The van der Waals surface area contributed by atoms with Crippen molar-refractivity contribution in [2.45, 2.75) is 24.7 Å². The highest BCUT2D eigenvalue weighted by atomic mass is 32.2. The highest BCUT2D eigenvalue weighted by Crippen LogP contribution is 2.36. The predicted octanol–water partition coefficient (Wildman–Crippen LogP) is 3.11. The molecule has 2 aliphatic heterocycles. The van der Waals surface area contributed by atoms with Crippen LogP contribution >= 0.6 is 0 Å². The molecule has 2 aromatic carbocycles. The molecule has 5 nitrogen and oxygen atoms in total. The first-order valence-electron chi connectivity index (χ1n) is 9.71. The van der Waals surface area contributed by atoms with Crippen LogP contribution in [0.3, 0.4) is 0 Å². The van der Waals surface area contributed by atoms with Gasteiger partial charge in [-0.25, -0.2) is 8.42 Å². The van der Waals surface area contributed by atoms with Crippen LogP contribution in [0.15, 0.2) is 53.4 Å². The van der Waals surface area contributed by atoms with Crippen LogP contribution in [0, 0.1) is 6.92 Å². The Kier molecular flexibility index (Phi) is 5.10. The maximum atomic E-state index is 13.2. The second-order valence-corrected chi connectivity index (χ2v) is 9.28. The van der Waals surface area contributed by atoms with E-state index in [0.29, 0.717) is 11.4 Å². The van der Waals surface area contributed by atoms with E-state index >= 15 is 0 Å². The van der Waals surface area contributed by atoms with Gasteiger partial charge >= 0.3 is 0 Å². The van der Waals surface area contributed by atoms with Gasteiger partial charge in [-0.2, -0.15) is 0 Å². The number of para-hydroxylation sites is 2. The summed E-state index contributed by atoms with van der Waals surface area (Å²) >= 11 is 0. The van der Waals surface area contributed by atoms with Crippen LogP contribution in [-0.2, 0) is 10.0 Å². The van der Waals surface area contributed by atoms with Crippen LogP contribution in [0.5, 0.6) is 0 Å². The second-order valence-electron chi connectivity index (χ2n) is 7.41. The van der Waals surface area contributed by atoms with Gasteiger partial charge in [0.15, 0.2) is 0 Å². The molecule has 1 fully saturated rings. The second kappa shape index (κ2) is 7.52. The molecule has 144 valence electrons. The molecule has 2 aromatic rings. The number of fused-ring (bicyclic) bond motifs is 1. The Morgan fingerprint density at radius 1 is 0.815 bits per heavy atom. The van der Waals surface area contributed by atoms with E-state index in [2.05, 4.69) is 9.80 Å². The van der Waals surface area contributed by atoms with E-state index in [4.69, 9.17) is 0 Å². The molecule has 0 saturated carbocycles. The van der Waals surface area contributed by atoms with E-state index in [1.807, 2.05) is 43.3 Å². The lowest BCUT2D eigenvalue weighted by Crippen LogP contribution is -2.46. The zero-order chi connectivity index (χ0) is 18.9. The number of hydrogen-bond acceptors (Lipinski definition) is 4. The zero-order valence-electron chi connectivity index (χ0n) is 15.8. The molecule has 27 heavy (non-hydrogen) atoms. The molecule has 0 amide bonds. The third kappa shape index (κ3) is 3.69. The van der Waals surface area contributed by atoms with Gasteiger partial charge in [0.1, 0.15) is 0 Å². The fourth-order valence-electron chi connectivity index (χ4n) is 3.98. The molecule has 0 N–H and O–H groups in total. The van der Waals surface area contributed by atoms with Crippen molar-refractivity contribution in [2.24, 2.45) is 0 Å². The minimum Gasteiger partial charge on any atom is -0.367 e. The van der Waals surface area contributed by atoms with Crippen molar-refractivity contribution in [1.29, 1.82) is 0 Å². The van der Waals surface area contributed by atoms with E-state index < -0.39 is 10.0 Å². The van der Waals surface area contributed by atoms with Gasteiger partial charge in [0.25, 0.3) is 10.0 Å². The number of benzene rings is 2. The summed E-state index contributed by atoms with van der Waals surface area (Å²) < 4.78 is 28.0. The van der Waals surface area contributed by atoms with E-state index in [1.54, 1.807) is 16.4 Å². The van der Waals surface area contributed by atoms with Crippen molar-refractivity contribution in [3.8, 4) is 0 Å². The van der Waals surface area contributed by atoms with Gasteiger partial charge in [-0.3, -0.25) is 4.31 Å². The Bertz CT molecular complexity index is 890. The van der Waals surface area contributed by atoms with Gasteiger partial charge in [-0.1, -0.05) is 29.8 Å². The van der Waals surface area contributed by atoms with E-state index in [-0.39, 0.29) is 0 Å². The standard InChI is InChI=1S/C21H27N3O2S/c1-18-8-10-19(11-9-18)27(25,26)24-17-16-23(15-14-22-12-4-5-13-22)20-6-2-3-7-21(20)24/h2-3,6-11H,4-5,12-17H2,1H3. The molecular formula is C21H27N3O2S. The molecule has 1 saturated heterocycles. The largest absolute Gasteiger partial charge is 0.367 e. The summed E-state index contributed by atoms with van der Waals surface area (Å²) in [6.07, 6.45) is 2.58. The lowest BCUT2D eigenvalue weighted by molar-refractivity contribution is 0.344. The summed E-state index contributed by atoms with van der Waals surface area (Å²) in [5.74, 6) is 0. The number of likely N-dealkylation sites (tertiary alicyclic amines) is 1. The maximum absolute atomic E-state index is 13.2. The van der Waals surface area contributed by atoms with Crippen molar-refractivity contribution in [1.82, 2.24) is 4.90 Å². The van der Waals surface area contributed by atoms with Crippen LogP contribution in [0.1, 0.15) is 18.4 Å². The van der Waals surface area contributed by atoms with Crippen molar-refractivity contribution in [3.05, 3.63) is 54.1 Å². The highest BCUT2D eigenvalue weighted by Gasteiger charge is 2.31. The molecule has 0 aliphatic carbocycles. The number of hydrogen-bond donors (Lipinski definition) is 0. The lowest BCUT2D eigenvalue weighted by atomic mass is 10.2. The number of nitrogens with zero attached hydrogens (tertiary/aromatic N) is 3. The Morgan fingerprint density at radius 2 is 1.48 bits per heavy atom. The van der Waals surface area contributed by atoms with Crippen molar-refractivity contribution in [3.63, 3.8) is 0 Å². The predicted molar refractivity (Wildman–Crippen MR) is 110 cm³/mol. The fourth-order valence-corrected chi connectivity index (χ4v) is 5.45. The molecule has 0 unspecified atom stereocenters. The lowest BCUT2D eigenvalue weighted by Gasteiger charge is -2.38. The van der Waals surface area contributed by atoms with Crippen LogP contribution in [0.25, 0.3) is 0 Å². The normalized spacial score (nSPS) is 18.0. The smallest absolute Gasteiger partial charge is 0.264 e. The summed E-state index contributed by atoms with van der Waals surface area (Å²) in [4.78, 5) is 5.18. The monoisotopic (exact) mass is 385 g/mol. The molecule has 4 rings (SSSR count). The van der Waals surface area contributed by atoms with E-state index in [1.165, 1.54) is 25.9 Å².